The van der Waals surface area contributed by atoms with Crippen LogP contribution in [0, 0.1) is 14.9 Å². The summed E-state index contributed by atoms with van der Waals surface area (Å²) < 4.78 is 0. The van der Waals surface area contributed by atoms with Gasteiger partial charge in [0.15, 0.2) is 0 Å². The molecule has 0 bridgehead atoms. The van der Waals surface area contributed by atoms with E-state index < -0.39 is 0 Å². The van der Waals surface area contributed by atoms with Crippen molar-refractivity contribution in [3.8, 4) is 0 Å². The SMILES string of the molecule is C[C-]=O.[CH3-].[CH3-].[Y+3]. The molecule has 0 aliphatic heterocycles. The Balaban J connectivity index is -0.00000000667. The van der Waals surface area contributed by atoms with Crippen molar-refractivity contribution < 1.29 is 37.5 Å². The first-order valence-corrected chi connectivity index (χ1v) is 0.704. The zero-order valence-electron chi connectivity index (χ0n) is 4.49. The summed E-state index contributed by atoms with van der Waals surface area (Å²) >= 11 is 0. The molecule has 0 spiro atoms. The third-order valence-corrected chi connectivity index (χ3v) is 0. The minimum atomic E-state index is 0. The number of carbonyl (C=O) groups excluding carboxylic acids is 1. The van der Waals surface area contributed by atoms with Crippen molar-refractivity contribution in [3.05, 3.63) is 14.9 Å². The fourth-order valence-electron chi connectivity index (χ4n) is 0. The summed E-state index contributed by atoms with van der Waals surface area (Å²) in [7, 11) is 0. The maximum Gasteiger partial charge on any atom is 3.00 e. The smallest absolute Gasteiger partial charge is 0.542 e. The minimum absolute atomic E-state index is 0. The predicted molar refractivity (Wildman–Crippen MR) is 24.2 cm³/mol. The zero-order chi connectivity index (χ0) is 2.71. The fraction of sp³-hybridized carbons (Fsp3) is 0.250. The van der Waals surface area contributed by atoms with Gasteiger partial charge in [-0.25, -0.2) is 0 Å². The van der Waals surface area contributed by atoms with Crippen LogP contribution in [0.5, 0.6) is 0 Å². The van der Waals surface area contributed by atoms with E-state index in [4.69, 9.17) is 4.79 Å². The number of rotatable bonds is 0. The zero-order valence-corrected chi connectivity index (χ0v) is 7.32. The Morgan fingerprint density at radius 1 is 1.33 bits per heavy atom. The third kappa shape index (κ3) is 114. The van der Waals surface area contributed by atoms with Crippen LogP contribution < -0.4 is 0 Å². The van der Waals surface area contributed by atoms with Crippen LogP contribution in [0.25, 0.3) is 0 Å². The summed E-state index contributed by atoms with van der Waals surface area (Å²) in [6.45, 7) is 1.32. The van der Waals surface area contributed by atoms with Crippen LogP contribution in [0.3, 0.4) is 0 Å². The van der Waals surface area contributed by atoms with Crippen molar-refractivity contribution in [3.63, 3.8) is 0 Å². The Morgan fingerprint density at radius 2 is 1.33 bits per heavy atom. The largest absolute Gasteiger partial charge is 3.00 e. The Morgan fingerprint density at radius 3 is 1.33 bits per heavy atom. The molecule has 34 valence electrons. The molecular formula is C4H9OY. The van der Waals surface area contributed by atoms with Crippen LogP contribution in [-0.2, 0) is 37.5 Å². The summed E-state index contributed by atoms with van der Waals surface area (Å²) in [6.07, 6.45) is 1.50. The van der Waals surface area contributed by atoms with Gasteiger partial charge < -0.3 is 19.6 Å². The fourth-order valence-corrected chi connectivity index (χ4v) is 0. The Hall–Kier alpha value is 0.774. The maximum atomic E-state index is 8.68. The first kappa shape index (κ1) is 29.3. The first-order valence-electron chi connectivity index (χ1n) is 0.704. The molecule has 0 saturated carbocycles. The molecule has 0 aromatic rings. The van der Waals surface area contributed by atoms with E-state index in [1.165, 1.54) is 13.2 Å². The van der Waals surface area contributed by atoms with Gasteiger partial charge in [0.25, 0.3) is 0 Å². The molecule has 0 fully saturated rings. The topological polar surface area (TPSA) is 17.1 Å². The van der Waals surface area contributed by atoms with E-state index in [0.29, 0.717) is 0 Å². The molecule has 6 heavy (non-hydrogen) atoms. The molecule has 0 amide bonds. The van der Waals surface area contributed by atoms with Crippen molar-refractivity contribution >= 4 is 6.29 Å². The van der Waals surface area contributed by atoms with Crippen LogP contribution in [0.15, 0.2) is 0 Å². The van der Waals surface area contributed by atoms with Gasteiger partial charge in [0.2, 0.25) is 0 Å². The van der Waals surface area contributed by atoms with Gasteiger partial charge in [-0.15, -0.1) is 0 Å². The van der Waals surface area contributed by atoms with E-state index in [0.717, 1.165) is 0 Å². The minimum Gasteiger partial charge on any atom is -0.542 e. The molecule has 0 N–H and O–H groups in total. The van der Waals surface area contributed by atoms with Crippen LogP contribution in [0.1, 0.15) is 6.92 Å². The standard InChI is InChI=1S/C2H3O.2CH3.Y/c1-2-3;;;/h1H3;2*1H3;/q3*-1;+3. The van der Waals surface area contributed by atoms with Crippen LogP contribution in [-0.4, -0.2) is 6.29 Å². The molecular weight excluding hydrogens is 153 g/mol. The van der Waals surface area contributed by atoms with Gasteiger partial charge in [0.1, 0.15) is 0 Å². The second-order valence-corrected chi connectivity index (χ2v) is 0.204. The monoisotopic (exact) mass is 162 g/mol. The first-order chi connectivity index (χ1) is 1.41. The van der Waals surface area contributed by atoms with Crippen molar-refractivity contribution in [2.45, 2.75) is 6.92 Å². The average Bonchev–Trinajstić information content (AvgIpc) is 0.918. The summed E-state index contributed by atoms with van der Waals surface area (Å²) in [5, 5.41) is 0. The summed E-state index contributed by atoms with van der Waals surface area (Å²) in [5.74, 6) is 0. The number of hydrogen-bond donors (Lipinski definition) is 0. The van der Waals surface area contributed by atoms with Gasteiger partial charge in [-0.05, 0) is 0 Å². The normalized spacial score (nSPS) is 2.17. The second kappa shape index (κ2) is 41.8. The van der Waals surface area contributed by atoms with Crippen molar-refractivity contribution in [1.82, 2.24) is 0 Å². The molecule has 0 aliphatic carbocycles. The molecule has 0 aromatic heterocycles. The molecule has 2 heteroatoms. The molecule has 0 radical (unpaired) electrons. The Kier molecular flexibility index (Phi) is 205. The van der Waals surface area contributed by atoms with Gasteiger partial charge in [-0.2, -0.15) is 6.92 Å². The molecule has 0 atom stereocenters. The van der Waals surface area contributed by atoms with Crippen LogP contribution >= 0.6 is 0 Å². The average molecular weight is 162 g/mol. The molecule has 0 heterocycles. The van der Waals surface area contributed by atoms with Crippen molar-refractivity contribution in [1.29, 1.82) is 0 Å². The van der Waals surface area contributed by atoms with Gasteiger partial charge in [-0.3, -0.25) is 6.29 Å². The van der Waals surface area contributed by atoms with Gasteiger partial charge >= 0.3 is 32.7 Å². The number of hydrogen-bond acceptors (Lipinski definition) is 1. The summed E-state index contributed by atoms with van der Waals surface area (Å²) in [5.41, 5.74) is 0. The molecule has 0 aliphatic rings. The van der Waals surface area contributed by atoms with E-state index >= 15 is 0 Å². The second-order valence-electron chi connectivity index (χ2n) is 0.204. The molecule has 1 nitrogen and oxygen atoms in total. The molecule has 0 unspecified atom stereocenters. The van der Waals surface area contributed by atoms with Gasteiger partial charge in [-0.1, -0.05) is 0 Å². The molecule has 0 rings (SSSR count). The van der Waals surface area contributed by atoms with E-state index in [2.05, 4.69) is 0 Å². The van der Waals surface area contributed by atoms with E-state index in [9.17, 15) is 0 Å². The third-order valence-electron chi connectivity index (χ3n) is 0. The van der Waals surface area contributed by atoms with E-state index in [1.54, 1.807) is 0 Å². The van der Waals surface area contributed by atoms with Crippen molar-refractivity contribution in [2.75, 3.05) is 0 Å². The van der Waals surface area contributed by atoms with Crippen LogP contribution in [0.4, 0.5) is 0 Å². The quantitative estimate of drug-likeness (QED) is 0.486. The predicted octanol–water partition coefficient (Wildman–Crippen LogP) is 1.01. The molecule has 0 saturated heterocycles. The maximum absolute atomic E-state index is 8.68. The van der Waals surface area contributed by atoms with E-state index in [1.807, 2.05) is 0 Å². The van der Waals surface area contributed by atoms with Gasteiger partial charge in [0, 0.05) is 0 Å². The van der Waals surface area contributed by atoms with Crippen molar-refractivity contribution in [2.24, 2.45) is 0 Å². The van der Waals surface area contributed by atoms with Gasteiger partial charge in [0.05, 0.1) is 0 Å². The Labute approximate surface area is 65.4 Å². The molecule has 0 aromatic carbocycles. The summed E-state index contributed by atoms with van der Waals surface area (Å²) in [6, 6.07) is 0. The Bertz CT molecular complexity index is 15.0. The van der Waals surface area contributed by atoms with Crippen LogP contribution in [0.2, 0.25) is 0 Å². The summed E-state index contributed by atoms with van der Waals surface area (Å²) in [4.78, 5) is 8.68. The van der Waals surface area contributed by atoms with E-state index in [-0.39, 0.29) is 47.6 Å².